The number of halogens is 2. The Bertz CT molecular complexity index is 770. The molecule has 0 N–H and O–H groups in total. The van der Waals surface area contributed by atoms with Gasteiger partial charge in [0.05, 0.1) is 18.8 Å². The van der Waals surface area contributed by atoms with E-state index >= 15 is 0 Å². The molecule has 9 heteroatoms. The SMILES string of the molecule is FC1(F)Oc2ccc([C@H]3CC(Oc4cncnc4)=NO3)cc2O1. The zero-order chi connectivity index (χ0) is 15.9. The predicted molar refractivity (Wildman–Crippen MR) is 71.2 cm³/mol. The van der Waals surface area contributed by atoms with Crippen LogP contribution in [0.2, 0.25) is 0 Å². The maximum Gasteiger partial charge on any atom is 0.586 e. The van der Waals surface area contributed by atoms with Crippen LogP contribution in [0.25, 0.3) is 0 Å². The molecule has 0 unspecified atom stereocenters. The van der Waals surface area contributed by atoms with Crippen LogP contribution in [0.15, 0.2) is 42.1 Å². The van der Waals surface area contributed by atoms with E-state index in [9.17, 15) is 8.78 Å². The molecule has 4 rings (SSSR count). The lowest BCUT2D eigenvalue weighted by molar-refractivity contribution is -0.286. The Morgan fingerprint density at radius 3 is 2.74 bits per heavy atom. The van der Waals surface area contributed by atoms with Gasteiger partial charge in [-0.1, -0.05) is 11.2 Å². The van der Waals surface area contributed by atoms with E-state index in [4.69, 9.17) is 9.57 Å². The molecule has 118 valence electrons. The molecule has 3 heterocycles. The molecular weight excluding hydrogens is 312 g/mol. The number of alkyl halides is 2. The summed E-state index contributed by atoms with van der Waals surface area (Å²) < 4.78 is 40.3. The van der Waals surface area contributed by atoms with Crippen molar-refractivity contribution in [3.63, 3.8) is 0 Å². The molecule has 0 saturated heterocycles. The fourth-order valence-corrected chi connectivity index (χ4v) is 2.23. The van der Waals surface area contributed by atoms with Crippen LogP contribution in [0.1, 0.15) is 18.1 Å². The van der Waals surface area contributed by atoms with Gasteiger partial charge in [0.15, 0.2) is 23.4 Å². The van der Waals surface area contributed by atoms with E-state index in [1.54, 1.807) is 6.07 Å². The minimum absolute atomic E-state index is 0.0180. The highest BCUT2D eigenvalue weighted by Gasteiger charge is 2.43. The number of ether oxygens (including phenoxy) is 3. The van der Waals surface area contributed by atoms with Crippen molar-refractivity contribution in [3.8, 4) is 17.2 Å². The maximum atomic E-state index is 13.0. The molecule has 0 saturated carbocycles. The molecule has 1 aromatic carbocycles. The van der Waals surface area contributed by atoms with Crippen molar-refractivity contribution in [1.29, 1.82) is 0 Å². The van der Waals surface area contributed by atoms with Crippen LogP contribution in [-0.2, 0) is 4.84 Å². The molecule has 2 aliphatic heterocycles. The third-order valence-corrected chi connectivity index (χ3v) is 3.21. The molecule has 0 aliphatic carbocycles. The number of fused-ring (bicyclic) bond motifs is 1. The van der Waals surface area contributed by atoms with E-state index in [1.807, 2.05) is 0 Å². The summed E-state index contributed by atoms with van der Waals surface area (Å²) in [5.74, 6) is 0.714. The maximum absolute atomic E-state index is 13.0. The lowest BCUT2D eigenvalue weighted by atomic mass is 10.1. The Kier molecular flexibility index (Phi) is 3.00. The number of aromatic nitrogens is 2. The molecule has 1 aromatic heterocycles. The van der Waals surface area contributed by atoms with Gasteiger partial charge < -0.3 is 19.0 Å². The second-order valence-electron chi connectivity index (χ2n) is 4.83. The topological polar surface area (TPSA) is 75.1 Å². The van der Waals surface area contributed by atoms with Gasteiger partial charge in [0.25, 0.3) is 0 Å². The van der Waals surface area contributed by atoms with Crippen LogP contribution < -0.4 is 14.2 Å². The lowest BCUT2D eigenvalue weighted by Crippen LogP contribution is -2.25. The minimum Gasteiger partial charge on any atom is -0.436 e. The summed E-state index contributed by atoms with van der Waals surface area (Å²) in [7, 11) is 0. The molecule has 1 atom stereocenters. The highest BCUT2D eigenvalue weighted by Crippen LogP contribution is 2.43. The Morgan fingerprint density at radius 2 is 1.91 bits per heavy atom. The predicted octanol–water partition coefficient (Wildman–Crippen LogP) is 2.65. The van der Waals surface area contributed by atoms with Gasteiger partial charge in [-0.3, -0.25) is 0 Å². The van der Waals surface area contributed by atoms with Crippen molar-refractivity contribution in [1.82, 2.24) is 9.97 Å². The van der Waals surface area contributed by atoms with Crippen LogP contribution in [0.4, 0.5) is 8.78 Å². The molecular formula is C14H9F2N3O4. The number of nitrogens with zero attached hydrogens (tertiary/aromatic N) is 3. The third-order valence-electron chi connectivity index (χ3n) is 3.21. The Balaban J connectivity index is 1.46. The van der Waals surface area contributed by atoms with Gasteiger partial charge in [-0.15, -0.1) is 8.78 Å². The summed E-state index contributed by atoms with van der Waals surface area (Å²) in [6.45, 7) is 0. The van der Waals surface area contributed by atoms with Crippen molar-refractivity contribution < 1.29 is 27.8 Å². The van der Waals surface area contributed by atoms with E-state index in [-0.39, 0.29) is 11.5 Å². The summed E-state index contributed by atoms with van der Waals surface area (Å²) in [6.07, 6.45) is 0.598. The van der Waals surface area contributed by atoms with Gasteiger partial charge in [-0.25, -0.2) is 9.97 Å². The van der Waals surface area contributed by atoms with Gasteiger partial charge >= 0.3 is 6.29 Å². The summed E-state index contributed by atoms with van der Waals surface area (Å²) in [5, 5.41) is 3.83. The van der Waals surface area contributed by atoms with Crippen molar-refractivity contribution in [2.75, 3.05) is 0 Å². The van der Waals surface area contributed by atoms with Gasteiger partial charge in [0.2, 0.25) is 5.90 Å². The normalized spacial score (nSPS) is 20.8. The molecule has 23 heavy (non-hydrogen) atoms. The standard InChI is InChI=1S/C14H9F2N3O4/c15-14(16)21-10-2-1-8(3-12(10)22-14)11-4-13(19-23-11)20-9-5-17-7-18-6-9/h1-3,5-7,11H,4H2/t11-/m1/s1. The fourth-order valence-electron chi connectivity index (χ4n) is 2.23. The first-order chi connectivity index (χ1) is 11.1. The second-order valence-corrected chi connectivity index (χ2v) is 4.83. The summed E-state index contributed by atoms with van der Waals surface area (Å²) in [4.78, 5) is 12.9. The van der Waals surface area contributed by atoms with E-state index in [1.165, 1.54) is 30.9 Å². The molecule has 0 radical (unpaired) electrons. The van der Waals surface area contributed by atoms with Crippen LogP contribution in [0.5, 0.6) is 17.2 Å². The largest absolute Gasteiger partial charge is 0.586 e. The van der Waals surface area contributed by atoms with Gasteiger partial charge in [-0.2, -0.15) is 0 Å². The van der Waals surface area contributed by atoms with Crippen molar-refractivity contribution in [2.45, 2.75) is 18.8 Å². The number of oxime groups is 1. The summed E-state index contributed by atoms with van der Waals surface area (Å²) in [5.41, 5.74) is 0.622. The first kappa shape index (κ1) is 13.7. The Hall–Kier alpha value is -2.97. The smallest absolute Gasteiger partial charge is 0.436 e. The first-order valence-electron chi connectivity index (χ1n) is 6.64. The van der Waals surface area contributed by atoms with Crippen molar-refractivity contribution in [2.24, 2.45) is 5.16 Å². The van der Waals surface area contributed by atoms with E-state index in [0.717, 1.165) is 0 Å². The van der Waals surface area contributed by atoms with Crippen LogP contribution in [0.3, 0.4) is 0 Å². The molecule has 0 bridgehead atoms. The molecule has 0 spiro atoms. The Morgan fingerprint density at radius 1 is 1.13 bits per heavy atom. The zero-order valence-electron chi connectivity index (χ0n) is 11.5. The molecule has 7 nitrogen and oxygen atoms in total. The summed E-state index contributed by atoms with van der Waals surface area (Å²) >= 11 is 0. The average molecular weight is 321 g/mol. The van der Waals surface area contributed by atoms with Crippen LogP contribution in [0, 0.1) is 0 Å². The van der Waals surface area contributed by atoms with Gasteiger partial charge in [-0.05, 0) is 17.7 Å². The van der Waals surface area contributed by atoms with E-state index in [0.29, 0.717) is 23.6 Å². The zero-order valence-corrected chi connectivity index (χ0v) is 11.5. The minimum atomic E-state index is -3.64. The van der Waals surface area contributed by atoms with E-state index < -0.39 is 12.4 Å². The monoisotopic (exact) mass is 321 g/mol. The number of benzene rings is 1. The molecule has 2 aromatic rings. The molecule has 0 amide bonds. The number of hydrogen-bond acceptors (Lipinski definition) is 7. The highest BCUT2D eigenvalue weighted by atomic mass is 19.3. The van der Waals surface area contributed by atoms with Crippen molar-refractivity contribution in [3.05, 3.63) is 42.5 Å². The average Bonchev–Trinajstić information content (AvgIpc) is 3.10. The quantitative estimate of drug-likeness (QED) is 0.846. The van der Waals surface area contributed by atoms with Crippen LogP contribution in [-0.4, -0.2) is 22.2 Å². The van der Waals surface area contributed by atoms with Gasteiger partial charge in [0, 0.05) is 0 Å². The number of hydrogen-bond donors (Lipinski definition) is 0. The molecule has 0 fully saturated rings. The second kappa shape index (κ2) is 5.04. The third kappa shape index (κ3) is 2.72. The number of rotatable bonds is 2. The summed E-state index contributed by atoms with van der Waals surface area (Å²) in [6, 6.07) is 4.45. The van der Waals surface area contributed by atoms with Gasteiger partial charge in [0.1, 0.15) is 6.33 Å². The molecule has 2 aliphatic rings. The van der Waals surface area contributed by atoms with Crippen LogP contribution >= 0.6 is 0 Å². The fraction of sp³-hybridized carbons (Fsp3) is 0.214. The Labute approximate surface area is 128 Å². The van der Waals surface area contributed by atoms with Crippen molar-refractivity contribution >= 4 is 5.90 Å². The first-order valence-corrected chi connectivity index (χ1v) is 6.64. The lowest BCUT2D eigenvalue weighted by Gasteiger charge is -2.08. The highest BCUT2D eigenvalue weighted by molar-refractivity contribution is 5.79. The van der Waals surface area contributed by atoms with E-state index in [2.05, 4.69) is 24.6 Å².